The summed E-state index contributed by atoms with van der Waals surface area (Å²) in [5.74, 6) is 0. The van der Waals surface area contributed by atoms with Gasteiger partial charge in [0.2, 0.25) is 0 Å². The molecule has 2 fully saturated rings. The van der Waals surface area contributed by atoms with Gasteiger partial charge in [0, 0.05) is 36.5 Å². The maximum absolute atomic E-state index is 5.91. The van der Waals surface area contributed by atoms with Gasteiger partial charge in [0.25, 0.3) is 0 Å². The van der Waals surface area contributed by atoms with Crippen LogP contribution in [0.3, 0.4) is 0 Å². The van der Waals surface area contributed by atoms with Crippen molar-refractivity contribution in [3.05, 3.63) is 23.8 Å². The molecule has 0 radical (unpaired) electrons. The van der Waals surface area contributed by atoms with Gasteiger partial charge in [-0.25, -0.2) is 0 Å². The van der Waals surface area contributed by atoms with Crippen LogP contribution in [0.1, 0.15) is 38.2 Å². The van der Waals surface area contributed by atoms with Gasteiger partial charge in [0.1, 0.15) is 0 Å². The van der Waals surface area contributed by atoms with E-state index in [1.165, 1.54) is 56.6 Å². The minimum atomic E-state index is 0.797. The van der Waals surface area contributed by atoms with Crippen molar-refractivity contribution >= 4 is 11.4 Å². The molecule has 3 rings (SSSR count). The van der Waals surface area contributed by atoms with E-state index in [4.69, 9.17) is 5.73 Å². The van der Waals surface area contributed by atoms with Gasteiger partial charge < -0.3 is 10.6 Å². The third-order valence-electron chi connectivity index (χ3n) is 5.16. The van der Waals surface area contributed by atoms with E-state index in [2.05, 4.69) is 35.8 Å². The molecule has 2 N–H and O–H groups in total. The molecule has 20 heavy (non-hydrogen) atoms. The number of nitrogen functional groups attached to an aromatic ring is 1. The first-order valence-electron chi connectivity index (χ1n) is 8.02. The molecule has 3 nitrogen and oxygen atoms in total. The molecule has 1 aromatic rings. The minimum absolute atomic E-state index is 0.797. The van der Waals surface area contributed by atoms with E-state index in [1.54, 1.807) is 0 Å². The molecule has 2 saturated heterocycles. The molecule has 1 unspecified atom stereocenters. The standard InChI is InChI=1S/C17H27N3/c1-13-12-16(5-6-17(13)18)19-10-7-15(8-11-19)20-9-3-4-14(20)2/h5-6,12,14-15H,3-4,7-11,18H2,1-2H3. The molecule has 0 saturated carbocycles. The lowest BCUT2D eigenvalue weighted by molar-refractivity contribution is 0.163. The van der Waals surface area contributed by atoms with Crippen molar-refractivity contribution in [2.45, 2.75) is 51.6 Å². The minimum Gasteiger partial charge on any atom is -0.399 e. The van der Waals surface area contributed by atoms with E-state index in [1.807, 2.05) is 6.07 Å². The summed E-state index contributed by atoms with van der Waals surface area (Å²) in [6, 6.07) is 8.04. The highest BCUT2D eigenvalue weighted by Gasteiger charge is 2.30. The molecule has 0 spiro atoms. The van der Waals surface area contributed by atoms with E-state index in [-0.39, 0.29) is 0 Å². The second-order valence-corrected chi connectivity index (χ2v) is 6.49. The Hall–Kier alpha value is -1.22. The van der Waals surface area contributed by atoms with Crippen molar-refractivity contribution in [2.24, 2.45) is 0 Å². The molecular weight excluding hydrogens is 246 g/mol. The molecule has 0 aromatic heterocycles. The predicted octanol–water partition coefficient (Wildman–Crippen LogP) is 3.03. The summed E-state index contributed by atoms with van der Waals surface area (Å²) in [5.41, 5.74) is 9.34. The van der Waals surface area contributed by atoms with E-state index >= 15 is 0 Å². The smallest absolute Gasteiger partial charge is 0.0370 e. The number of hydrogen-bond acceptors (Lipinski definition) is 3. The van der Waals surface area contributed by atoms with Crippen LogP contribution in [0.25, 0.3) is 0 Å². The van der Waals surface area contributed by atoms with Crippen LogP contribution in [0.2, 0.25) is 0 Å². The maximum atomic E-state index is 5.91. The van der Waals surface area contributed by atoms with Crippen molar-refractivity contribution in [3.63, 3.8) is 0 Å². The number of piperidine rings is 1. The summed E-state index contributed by atoms with van der Waals surface area (Å²) in [6.07, 6.45) is 5.37. The van der Waals surface area contributed by atoms with E-state index in [0.29, 0.717) is 0 Å². The van der Waals surface area contributed by atoms with Gasteiger partial charge in [-0.15, -0.1) is 0 Å². The summed E-state index contributed by atoms with van der Waals surface area (Å²) in [5, 5.41) is 0. The van der Waals surface area contributed by atoms with Crippen LogP contribution in [0.4, 0.5) is 11.4 Å². The second kappa shape index (κ2) is 5.65. The number of nitrogens with two attached hydrogens (primary N) is 1. The number of likely N-dealkylation sites (tertiary alicyclic amines) is 1. The van der Waals surface area contributed by atoms with Gasteiger partial charge in [-0.1, -0.05) is 0 Å². The zero-order valence-electron chi connectivity index (χ0n) is 12.8. The Bertz CT molecular complexity index is 463. The fourth-order valence-corrected chi connectivity index (χ4v) is 3.81. The normalized spacial score (nSPS) is 25.3. The van der Waals surface area contributed by atoms with E-state index < -0.39 is 0 Å². The lowest BCUT2D eigenvalue weighted by Crippen LogP contribution is -2.46. The van der Waals surface area contributed by atoms with Gasteiger partial charge in [-0.2, -0.15) is 0 Å². The molecule has 1 aromatic carbocycles. The van der Waals surface area contributed by atoms with Gasteiger partial charge in [-0.05, 0) is 69.8 Å². The first kappa shape index (κ1) is 13.7. The van der Waals surface area contributed by atoms with Crippen molar-refractivity contribution in [2.75, 3.05) is 30.3 Å². The highest BCUT2D eigenvalue weighted by molar-refractivity contribution is 5.58. The Morgan fingerprint density at radius 1 is 1.10 bits per heavy atom. The van der Waals surface area contributed by atoms with Crippen LogP contribution in [0, 0.1) is 6.92 Å². The van der Waals surface area contributed by atoms with Gasteiger partial charge >= 0.3 is 0 Å². The zero-order chi connectivity index (χ0) is 14.1. The fraction of sp³-hybridized carbons (Fsp3) is 0.647. The summed E-state index contributed by atoms with van der Waals surface area (Å²) in [7, 11) is 0. The zero-order valence-corrected chi connectivity index (χ0v) is 12.8. The molecule has 0 bridgehead atoms. The Morgan fingerprint density at radius 3 is 2.45 bits per heavy atom. The quantitative estimate of drug-likeness (QED) is 0.841. The van der Waals surface area contributed by atoms with Crippen molar-refractivity contribution in [3.8, 4) is 0 Å². The van der Waals surface area contributed by atoms with Crippen molar-refractivity contribution < 1.29 is 0 Å². The van der Waals surface area contributed by atoms with Crippen LogP contribution in [0.5, 0.6) is 0 Å². The summed E-state index contributed by atoms with van der Waals surface area (Å²) in [6.45, 7) is 8.15. The summed E-state index contributed by atoms with van der Waals surface area (Å²) < 4.78 is 0. The molecule has 3 heteroatoms. The van der Waals surface area contributed by atoms with Crippen LogP contribution in [-0.4, -0.2) is 36.6 Å². The number of benzene rings is 1. The average Bonchev–Trinajstić information content (AvgIpc) is 2.88. The van der Waals surface area contributed by atoms with Crippen molar-refractivity contribution in [1.82, 2.24) is 4.90 Å². The van der Waals surface area contributed by atoms with Gasteiger partial charge in [0.05, 0.1) is 0 Å². The fourth-order valence-electron chi connectivity index (χ4n) is 3.81. The molecule has 2 heterocycles. The molecule has 2 aliphatic heterocycles. The highest BCUT2D eigenvalue weighted by Crippen LogP contribution is 2.28. The van der Waals surface area contributed by atoms with Crippen LogP contribution in [0.15, 0.2) is 18.2 Å². The lowest BCUT2D eigenvalue weighted by Gasteiger charge is -2.39. The highest BCUT2D eigenvalue weighted by atomic mass is 15.2. The Balaban J connectivity index is 1.62. The van der Waals surface area contributed by atoms with Gasteiger partial charge in [0.15, 0.2) is 0 Å². The topological polar surface area (TPSA) is 32.5 Å². The first-order valence-corrected chi connectivity index (χ1v) is 8.02. The Labute approximate surface area is 122 Å². The Kier molecular flexibility index (Phi) is 3.88. The van der Waals surface area contributed by atoms with Crippen LogP contribution in [-0.2, 0) is 0 Å². The third-order valence-corrected chi connectivity index (χ3v) is 5.16. The number of rotatable bonds is 2. The SMILES string of the molecule is Cc1cc(N2CCC(N3CCCC3C)CC2)ccc1N. The lowest BCUT2D eigenvalue weighted by atomic mass is 10.0. The van der Waals surface area contributed by atoms with Crippen LogP contribution < -0.4 is 10.6 Å². The van der Waals surface area contributed by atoms with Crippen LogP contribution >= 0.6 is 0 Å². The molecule has 0 amide bonds. The predicted molar refractivity (Wildman–Crippen MR) is 86.2 cm³/mol. The number of anilines is 2. The monoisotopic (exact) mass is 273 g/mol. The summed E-state index contributed by atoms with van der Waals surface area (Å²) >= 11 is 0. The summed E-state index contributed by atoms with van der Waals surface area (Å²) in [4.78, 5) is 5.26. The Morgan fingerprint density at radius 2 is 1.85 bits per heavy atom. The van der Waals surface area contributed by atoms with E-state index in [9.17, 15) is 0 Å². The number of aryl methyl sites for hydroxylation is 1. The third kappa shape index (κ3) is 2.64. The largest absolute Gasteiger partial charge is 0.399 e. The molecule has 2 aliphatic rings. The molecule has 110 valence electrons. The first-order chi connectivity index (χ1) is 9.65. The second-order valence-electron chi connectivity index (χ2n) is 6.49. The molecule has 0 aliphatic carbocycles. The average molecular weight is 273 g/mol. The van der Waals surface area contributed by atoms with E-state index in [0.717, 1.165) is 17.8 Å². The molecule has 1 atom stereocenters. The number of nitrogens with zero attached hydrogens (tertiary/aromatic N) is 2. The molecular formula is C17H27N3. The van der Waals surface area contributed by atoms with Gasteiger partial charge in [-0.3, -0.25) is 4.90 Å². The number of hydrogen-bond donors (Lipinski definition) is 1. The van der Waals surface area contributed by atoms with Crippen molar-refractivity contribution in [1.29, 1.82) is 0 Å². The maximum Gasteiger partial charge on any atom is 0.0370 e.